The van der Waals surface area contributed by atoms with Gasteiger partial charge in [0.1, 0.15) is 6.29 Å². The van der Waals surface area contributed by atoms with Crippen LogP contribution in [0.15, 0.2) is 0 Å². The molecule has 17 heavy (non-hydrogen) atoms. The second-order valence-electron chi connectivity index (χ2n) is 5.03. The van der Waals surface area contributed by atoms with Crippen LogP contribution in [0, 0.1) is 5.92 Å². The average molecular weight is 285 g/mol. The Bertz CT molecular complexity index is 402. The van der Waals surface area contributed by atoms with Crippen molar-refractivity contribution in [3.05, 3.63) is 0 Å². The predicted molar refractivity (Wildman–Crippen MR) is 65.5 cm³/mol. The van der Waals surface area contributed by atoms with Crippen molar-refractivity contribution in [1.82, 2.24) is 4.90 Å². The summed E-state index contributed by atoms with van der Waals surface area (Å²) in [6, 6.07) is -0.255. The van der Waals surface area contributed by atoms with Gasteiger partial charge in [-0.15, -0.1) is 0 Å². The van der Waals surface area contributed by atoms with Gasteiger partial charge in [0, 0.05) is 12.6 Å². The van der Waals surface area contributed by atoms with Gasteiger partial charge >= 0.3 is 7.60 Å². The monoisotopic (exact) mass is 285 g/mol. The number of hydrogen-bond acceptors (Lipinski definition) is 4. The number of nitrogens with zero attached hydrogens (tertiary/aromatic N) is 1. The Morgan fingerprint density at radius 3 is 2.35 bits per heavy atom. The van der Waals surface area contributed by atoms with Crippen LogP contribution < -0.4 is 0 Å². The van der Waals surface area contributed by atoms with E-state index in [2.05, 4.69) is 0 Å². The van der Waals surface area contributed by atoms with Gasteiger partial charge in [-0.25, -0.2) is 8.42 Å². The Kier molecular flexibility index (Phi) is 4.77. The Balaban J connectivity index is 2.74. The Labute approximate surface area is 102 Å². The molecular formula is C9H20NO5PS. The topological polar surface area (TPSA) is 94.9 Å². The highest BCUT2D eigenvalue weighted by atomic mass is 32.2. The molecule has 1 unspecified atom stereocenters. The van der Waals surface area contributed by atoms with Crippen molar-refractivity contribution in [2.45, 2.75) is 26.3 Å². The molecule has 0 amide bonds. The molecular weight excluding hydrogens is 265 g/mol. The van der Waals surface area contributed by atoms with Crippen molar-refractivity contribution in [3.63, 3.8) is 0 Å². The van der Waals surface area contributed by atoms with E-state index in [0.717, 1.165) is 0 Å². The van der Waals surface area contributed by atoms with E-state index in [4.69, 9.17) is 9.79 Å². The van der Waals surface area contributed by atoms with Crippen molar-refractivity contribution in [3.8, 4) is 0 Å². The van der Waals surface area contributed by atoms with Crippen molar-refractivity contribution in [2.75, 3.05) is 24.3 Å². The first-order valence-corrected chi connectivity index (χ1v) is 9.20. The number of hydrogen-bond donors (Lipinski definition) is 2. The van der Waals surface area contributed by atoms with Gasteiger partial charge in [0.05, 0.1) is 11.5 Å². The first kappa shape index (κ1) is 15.1. The first-order valence-electron chi connectivity index (χ1n) is 5.58. The van der Waals surface area contributed by atoms with Gasteiger partial charge in [-0.2, -0.15) is 0 Å². The van der Waals surface area contributed by atoms with E-state index < -0.39 is 17.4 Å². The molecule has 2 N–H and O–H groups in total. The molecule has 1 aliphatic rings. The summed E-state index contributed by atoms with van der Waals surface area (Å²) in [6.07, 6.45) is 0.112. The largest absolute Gasteiger partial charge is 0.339 e. The molecule has 1 aliphatic heterocycles. The first-order chi connectivity index (χ1) is 7.59. The van der Waals surface area contributed by atoms with E-state index in [-0.39, 0.29) is 29.8 Å². The molecule has 0 bridgehead atoms. The van der Waals surface area contributed by atoms with Crippen LogP contribution in [-0.2, 0) is 14.4 Å². The minimum absolute atomic E-state index is 0.0136. The van der Waals surface area contributed by atoms with Crippen molar-refractivity contribution in [1.29, 1.82) is 0 Å². The molecule has 0 spiro atoms. The molecule has 6 nitrogen and oxygen atoms in total. The summed E-state index contributed by atoms with van der Waals surface area (Å²) in [5.41, 5.74) is 0. The molecule has 1 rings (SSSR count). The van der Waals surface area contributed by atoms with Gasteiger partial charge in [-0.3, -0.25) is 9.46 Å². The van der Waals surface area contributed by atoms with Crippen LogP contribution in [0.25, 0.3) is 0 Å². The van der Waals surface area contributed by atoms with E-state index in [1.54, 1.807) is 4.90 Å². The molecule has 0 aromatic heterocycles. The Morgan fingerprint density at radius 1 is 1.41 bits per heavy atom. The predicted octanol–water partition coefficient (Wildman–Crippen LogP) is 0.267. The molecule has 1 heterocycles. The second-order valence-corrected chi connectivity index (χ2v) is 8.87. The SMILES string of the molecule is CC(C)CN(CP(=O)(O)O)C1CCS(=O)(=O)C1. The van der Waals surface area contributed by atoms with Crippen LogP contribution in [0.4, 0.5) is 0 Å². The minimum atomic E-state index is -4.14. The van der Waals surface area contributed by atoms with Gasteiger partial charge in [-0.05, 0) is 12.3 Å². The van der Waals surface area contributed by atoms with Gasteiger partial charge < -0.3 is 9.79 Å². The zero-order valence-corrected chi connectivity index (χ0v) is 11.8. The maximum Gasteiger partial charge on any atom is 0.339 e. The highest BCUT2D eigenvalue weighted by Gasteiger charge is 2.34. The molecule has 0 aromatic rings. The lowest BCUT2D eigenvalue weighted by atomic mass is 10.1. The maximum absolute atomic E-state index is 11.4. The van der Waals surface area contributed by atoms with Crippen molar-refractivity contribution < 1.29 is 22.8 Å². The third kappa shape index (κ3) is 5.48. The quantitative estimate of drug-likeness (QED) is 0.704. The molecule has 102 valence electrons. The number of sulfone groups is 1. The summed E-state index contributed by atoms with van der Waals surface area (Å²) in [7, 11) is -7.17. The van der Waals surface area contributed by atoms with Gasteiger partial charge in [-0.1, -0.05) is 13.8 Å². The third-order valence-electron chi connectivity index (χ3n) is 2.69. The van der Waals surface area contributed by atoms with Gasteiger partial charge in [0.2, 0.25) is 0 Å². The van der Waals surface area contributed by atoms with E-state index >= 15 is 0 Å². The Hall–Kier alpha value is 0.0600. The Morgan fingerprint density at radius 2 is 2.00 bits per heavy atom. The van der Waals surface area contributed by atoms with Crippen LogP contribution in [0.1, 0.15) is 20.3 Å². The lowest BCUT2D eigenvalue weighted by Crippen LogP contribution is -2.39. The lowest BCUT2D eigenvalue weighted by molar-refractivity contribution is 0.202. The average Bonchev–Trinajstić information content (AvgIpc) is 2.41. The van der Waals surface area contributed by atoms with Crippen LogP contribution >= 0.6 is 7.60 Å². The normalized spacial score (nSPS) is 24.7. The summed E-state index contributed by atoms with van der Waals surface area (Å²) in [5, 5.41) is 0. The van der Waals surface area contributed by atoms with E-state index in [1.165, 1.54) is 0 Å². The molecule has 0 radical (unpaired) electrons. The molecule has 8 heteroatoms. The highest BCUT2D eigenvalue weighted by Crippen LogP contribution is 2.37. The van der Waals surface area contributed by atoms with Crippen molar-refractivity contribution >= 4 is 17.4 Å². The lowest BCUT2D eigenvalue weighted by Gasteiger charge is -2.29. The summed E-state index contributed by atoms with van der Waals surface area (Å²) in [5.74, 6) is 0.373. The molecule has 1 saturated heterocycles. The fraction of sp³-hybridized carbons (Fsp3) is 1.00. The van der Waals surface area contributed by atoms with Gasteiger partial charge in [0.25, 0.3) is 0 Å². The molecule has 0 aliphatic carbocycles. The van der Waals surface area contributed by atoms with Crippen LogP contribution in [0.5, 0.6) is 0 Å². The third-order valence-corrected chi connectivity index (χ3v) is 5.17. The summed E-state index contributed by atoms with van der Waals surface area (Å²) < 4.78 is 33.8. The standard InChI is InChI=1S/C9H20NO5PS/c1-8(2)5-10(7-16(11,12)13)9-3-4-17(14,15)6-9/h8-9H,3-7H2,1-2H3,(H2,11,12,13). The maximum atomic E-state index is 11.4. The molecule has 0 aromatic carbocycles. The van der Waals surface area contributed by atoms with Crippen LogP contribution in [0.2, 0.25) is 0 Å². The van der Waals surface area contributed by atoms with E-state index in [9.17, 15) is 13.0 Å². The van der Waals surface area contributed by atoms with Crippen molar-refractivity contribution in [2.24, 2.45) is 5.92 Å². The van der Waals surface area contributed by atoms with E-state index in [0.29, 0.717) is 13.0 Å². The minimum Gasteiger partial charge on any atom is -0.324 e. The fourth-order valence-electron chi connectivity index (χ4n) is 2.09. The van der Waals surface area contributed by atoms with E-state index in [1.807, 2.05) is 13.8 Å². The molecule has 1 fully saturated rings. The zero-order valence-electron chi connectivity index (χ0n) is 10.1. The summed E-state index contributed by atoms with van der Waals surface area (Å²) >= 11 is 0. The molecule has 1 atom stereocenters. The van der Waals surface area contributed by atoms with Gasteiger partial charge in [0.15, 0.2) is 9.84 Å². The fourth-order valence-corrected chi connectivity index (χ4v) is 4.67. The zero-order chi connectivity index (χ0) is 13.3. The summed E-state index contributed by atoms with van der Waals surface area (Å²) in [6.45, 7) is 4.39. The van der Waals surface area contributed by atoms with Crippen LogP contribution in [-0.4, -0.2) is 53.5 Å². The van der Waals surface area contributed by atoms with Crippen LogP contribution in [0.3, 0.4) is 0 Å². The summed E-state index contributed by atoms with van der Waals surface area (Å²) in [4.78, 5) is 19.6. The second kappa shape index (κ2) is 5.36. The smallest absolute Gasteiger partial charge is 0.324 e. The molecule has 0 saturated carbocycles. The number of rotatable bonds is 5. The highest BCUT2D eigenvalue weighted by molar-refractivity contribution is 7.91.